The van der Waals surface area contributed by atoms with E-state index in [1.54, 1.807) is 35.1 Å². The number of carboxylic acids is 1. The summed E-state index contributed by atoms with van der Waals surface area (Å²) in [5, 5.41) is 14.4. The summed E-state index contributed by atoms with van der Waals surface area (Å²) in [5.41, 5.74) is 2.93. The smallest absolute Gasteiger partial charge is 0.335 e. The Morgan fingerprint density at radius 3 is 2.73 bits per heavy atom. The fraction of sp³-hybridized carbons (Fsp3) is 0.350. The van der Waals surface area contributed by atoms with Gasteiger partial charge in [0.05, 0.1) is 24.1 Å². The molecule has 1 aliphatic rings. The first-order chi connectivity index (χ1) is 12.7. The third kappa shape index (κ3) is 3.46. The molecule has 26 heavy (non-hydrogen) atoms. The van der Waals surface area contributed by atoms with Crippen molar-refractivity contribution in [2.24, 2.45) is 5.92 Å². The van der Waals surface area contributed by atoms with Gasteiger partial charge in [-0.05, 0) is 61.1 Å². The molecule has 0 saturated heterocycles. The second-order valence-electron chi connectivity index (χ2n) is 6.79. The first kappa shape index (κ1) is 16.7. The fourth-order valence-electron chi connectivity index (χ4n) is 3.14. The maximum atomic E-state index is 11.0. The van der Waals surface area contributed by atoms with Crippen LogP contribution in [0.25, 0.3) is 16.7 Å². The van der Waals surface area contributed by atoms with Crippen molar-refractivity contribution in [1.82, 2.24) is 14.8 Å². The molecular weight excluding hydrogens is 330 g/mol. The second kappa shape index (κ2) is 7.25. The third-order valence-corrected chi connectivity index (χ3v) is 4.94. The SMILES string of the molecule is O=C(O)c1ccc(-n2ncc3cc(CCOCC4CCC4)cnc32)cc1. The fourth-order valence-corrected chi connectivity index (χ4v) is 3.14. The maximum Gasteiger partial charge on any atom is 0.335 e. The molecule has 1 N–H and O–H groups in total. The van der Waals surface area contributed by atoms with Crippen LogP contribution in [0.3, 0.4) is 0 Å². The minimum absolute atomic E-state index is 0.252. The average molecular weight is 351 g/mol. The van der Waals surface area contributed by atoms with Crippen molar-refractivity contribution in [3.05, 3.63) is 53.9 Å². The second-order valence-corrected chi connectivity index (χ2v) is 6.79. The van der Waals surface area contributed by atoms with Crippen LogP contribution in [0.2, 0.25) is 0 Å². The Bertz CT molecular complexity index is 914. The first-order valence-electron chi connectivity index (χ1n) is 8.95. The molecule has 0 radical (unpaired) electrons. The molecule has 0 bridgehead atoms. The van der Waals surface area contributed by atoms with Crippen LogP contribution in [0.15, 0.2) is 42.7 Å². The van der Waals surface area contributed by atoms with Gasteiger partial charge < -0.3 is 9.84 Å². The van der Waals surface area contributed by atoms with Crippen molar-refractivity contribution in [2.75, 3.05) is 13.2 Å². The van der Waals surface area contributed by atoms with Crippen molar-refractivity contribution >= 4 is 17.0 Å². The lowest BCUT2D eigenvalue weighted by atomic mass is 9.86. The number of pyridine rings is 1. The maximum absolute atomic E-state index is 11.0. The summed E-state index contributed by atoms with van der Waals surface area (Å²) in [4.78, 5) is 15.5. The van der Waals surface area contributed by atoms with E-state index in [0.717, 1.165) is 41.2 Å². The molecule has 3 aromatic rings. The van der Waals surface area contributed by atoms with Gasteiger partial charge in [-0.15, -0.1) is 0 Å². The molecule has 134 valence electrons. The number of benzene rings is 1. The molecule has 1 fully saturated rings. The number of aromatic nitrogens is 3. The van der Waals surface area contributed by atoms with E-state index in [4.69, 9.17) is 9.84 Å². The highest BCUT2D eigenvalue weighted by molar-refractivity contribution is 5.87. The largest absolute Gasteiger partial charge is 0.478 e. The third-order valence-electron chi connectivity index (χ3n) is 4.94. The van der Waals surface area contributed by atoms with E-state index in [-0.39, 0.29) is 5.56 Å². The van der Waals surface area contributed by atoms with Crippen LogP contribution < -0.4 is 0 Å². The van der Waals surface area contributed by atoms with Crippen molar-refractivity contribution in [3.63, 3.8) is 0 Å². The van der Waals surface area contributed by atoms with Crippen LogP contribution in [-0.2, 0) is 11.2 Å². The van der Waals surface area contributed by atoms with Crippen LogP contribution >= 0.6 is 0 Å². The van der Waals surface area contributed by atoms with Gasteiger partial charge in [0.1, 0.15) is 0 Å². The van der Waals surface area contributed by atoms with Gasteiger partial charge in [0.25, 0.3) is 0 Å². The zero-order valence-corrected chi connectivity index (χ0v) is 14.5. The molecule has 1 aromatic carbocycles. The van der Waals surface area contributed by atoms with Gasteiger partial charge in [-0.2, -0.15) is 5.10 Å². The predicted molar refractivity (Wildman–Crippen MR) is 97.7 cm³/mol. The van der Waals surface area contributed by atoms with Crippen LogP contribution in [0.4, 0.5) is 0 Å². The van der Waals surface area contributed by atoms with Gasteiger partial charge in [0, 0.05) is 18.2 Å². The Hall–Kier alpha value is -2.73. The van der Waals surface area contributed by atoms with Gasteiger partial charge in [0.2, 0.25) is 0 Å². The monoisotopic (exact) mass is 351 g/mol. The summed E-state index contributed by atoms with van der Waals surface area (Å²) in [5.74, 6) is -0.175. The van der Waals surface area contributed by atoms with Crippen LogP contribution in [0.5, 0.6) is 0 Å². The zero-order chi connectivity index (χ0) is 17.9. The molecule has 0 aliphatic heterocycles. The summed E-state index contributed by atoms with van der Waals surface area (Å²) < 4.78 is 7.48. The Morgan fingerprint density at radius 2 is 2.04 bits per heavy atom. The average Bonchev–Trinajstić information content (AvgIpc) is 3.03. The molecule has 6 nitrogen and oxygen atoms in total. The Kier molecular flexibility index (Phi) is 4.67. The molecule has 4 rings (SSSR count). The molecule has 0 amide bonds. The van der Waals surface area contributed by atoms with Gasteiger partial charge in [0.15, 0.2) is 5.65 Å². The van der Waals surface area contributed by atoms with Crippen molar-refractivity contribution in [3.8, 4) is 5.69 Å². The molecule has 0 spiro atoms. The van der Waals surface area contributed by atoms with Gasteiger partial charge in [-0.25, -0.2) is 14.5 Å². The summed E-state index contributed by atoms with van der Waals surface area (Å²) in [6.07, 6.45) is 8.44. The number of rotatable bonds is 7. The number of nitrogens with zero attached hydrogens (tertiary/aromatic N) is 3. The molecule has 1 saturated carbocycles. The van der Waals surface area contributed by atoms with Crippen LogP contribution in [0, 0.1) is 5.92 Å². The highest BCUT2D eigenvalue weighted by atomic mass is 16.5. The minimum atomic E-state index is -0.941. The van der Waals surface area contributed by atoms with E-state index in [0.29, 0.717) is 6.61 Å². The minimum Gasteiger partial charge on any atom is -0.478 e. The number of aromatic carboxylic acids is 1. The standard InChI is InChI=1S/C20H21N3O3/c24-20(25)16-4-6-18(7-5-16)23-19-17(12-22-23)10-15(11-21-19)8-9-26-13-14-2-1-3-14/h4-7,10-12,14H,1-3,8-9,13H2,(H,24,25). The number of ether oxygens (including phenoxy) is 1. The highest BCUT2D eigenvalue weighted by Gasteiger charge is 2.17. The summed E-state index contributed by atoms with van der Waals surface area (Å²) in [6, 6.07) is 8.70. The van der Waals surface area contributed by atoms with Crippen molar-refractivity contribution in [2.45, 2.75) is 25.7 Å². The molecule has 2 heterocycles. The van der Waals surface area contributed by atoms with Crippen LogP contribution in [-0.4, -0.2) is 39.1 Å². The van der Waals surface area contributed by atoms with Gasteiger partial charge >= 0.3 is 5.97 Å². The normalized spacial score (nSPS) is 14.5. The lowest BCUT2D eigenvalue weighted by molar-refractivity contribution is 0.0696. The topological polar surface area (TPSA) is 77.2 Å². The van der Waals surface area contributed by atoms with E-state index in [1.807, 2.05) is 6.20 Å². The van der Waals surface area contributed by atoms with E-state index in [2.05, 4.69) is 16.1 Å². The lowest BCUT2D eigenvalue weighted by Gasteiger charge is -2.24. The first-order valence-corrected chi connectivity index (χ1v) is 8.95. The van der Waals surface area contributed by atoms with E-state index in [1.165, 1.54) is 19.3 Å². The predicted octanol–water partition coefficient (Wildman–Crippen LogP) is 3.48. The number of hydrogen-bond donors (Lipinski definition) is 1. The Labute approximate surface area is 151 Å². The molecule has 6 heteroatoms. The van der Waals surface area contributed by atoms with Gasteiger partial charge in [-0.1, -0.05) is 6.42 Å². The molecule has 1 aliphatic carbocycles. The van der Waals surface area contributed by atoms with Crippen molar-refractivity contribution < 1.29 is 14.6 Å². The van der Waals surface area contributed by atoms with E-state index in [9.17, 15) is 4.79 Å². The molecule has 0 atom stereocenters. The number of fused-ring (bicyclic) bond motifs is 1. The van der Waals surface area contributed by atoms with E-state index >= 15 is 0 Å². The highest BCUT2D eigenvalue weighted by Crippen LogP contribution is 2.26. The Balaban J connectivity index is 1.45. The summed E-state index contributed by atoms with van der Waals surface area (Å²) >= 11 is 0. The van der Waals surface area contributed by atoms with Crippen molar-refractivity contribution in [1.29, 1.82) is 0 Å². The zero-order valence-electron chi connectivity index (χ0n) is 14.5. The lowest BCUT2D eigenvalue weighted by Crippen LogP contribution is -2.18. The summed E-state index contributed by atoms with van der Waals surface area (Å²) in [7, 11) is 0. The van der Waals surface area contributed by atoms with Crippen LogP contribution in [0.1, 0.15) is 35.2 Å². The molecule has 2 aromatic heterocycles. The van der Waals surface area contributed by atoms with Gasteiger partial charge in [-0.3, -0.25) is 0 Å². The Morgan fingerprint density at radius 1 is 1.23 bits per heavy atom. The molecule has 0 unspecified atom stereocenters. The van der Waals surface area contributed by atoms with E-state index < -0.39 is 5.97 Å². The number of hydrogen-bond acceptors (Lipinski definition) is 4. The number of carboxylic acid groups (broad SMARTS) is 1. The molecular formula is C20H21N3O3. The summed E-state index contributed by atoms with van der Waals surface area (Å²) in [6.45, 7) is 1.59. The number of carbonyl (C=O) groups is 1. The quantitative estimate of drug-likeness (QED) is 0.660.